The number of carbonyl (C=O) groups excluding carboxylic acids is 1. The number of esters is 1. The Morgan fingerprint density at radius 1 is 1.04 bits per heavy atom. The van der Waals surface area contributed by atoms with Gasteiger partial charge in [0, 0.05) is 5.57 Å². The number of hydrogen-bond donors (Lipinski definition) is 1. The summed E-state index contributed by atoms with van der Waals surface area (Å²) in [5.41, 5.74) is -4.46. The Labute approximate surface area is 141 Å². The van der Waals surface area contributed by atoms with Gasteiger partial charge in [-0.05, 0) is 56.3 Å². The van der Waals surface area contributed by atoms with Crippen molar-refractivity contribution in [2.45, 2.75) is 50.6 Å². The van der Waals surface area contributed by atoms with Gasteiger partial charge in [-0.1, -0.05) is 6.58 Å². The smallest absolute Gasteiger partial charge is 0.426 e. The van der Waals surface area contributed by atoms with E-state index in [2.05, 4.69) is 6.58 Å². The highest BCUT2D eigenvalue weighted by Gasteiger charge is 2.71. The third-order valence-electron chi connectivity index (χ3n) is 5.42. The number of carbonyl (C=O) groups is 1. The maximum absolute atomic E-state index is 12.8. The molecule has 2 aliphatic rings. The highest BCUT2D eigenvalue weighted by Crippen LogP contribution is 2.57. The Hall–Kier alpha value is -1.25. The van der Waals surface area contributed by atoms with Crippen molar-refractivity contribution in [2.75, 3.05) is 6.61 Å². The summed E-state index contributed by atoms with van der Waals surface area (Å²) in [6, 6.07) is 0. The van der Waals surface area contributed by atoms with Crippen molar-refractivity contribution in [3.8, 4) is 0 Å². The molecule has 0 heterocycles. The first-order valence-electron chi connectivity index (χ1n) is 7.94. The first-order valence-corrected chi connectivity index (χ1v) is 7.94. The van der Waals surface area contributed by atoms with Crippen molar-refractivity contribution in [1.82, 2.24) is 0 Å². The van der Waals surface area contributed by atoms with Crippen LogP contribution in [0.4, 0.5) is 26.3 Å². The van der Waals surface area contributed by atoms with Crippen molar-refractivity contribution in [3.63, 3.8) is 0 Å². The molecule has 0 spiro atoms. The molecule has 4 atom stereocenters. The second-order valence-corrected chi connectivity index (χ2v) is 7.19. The van der Waals surface area contributed by atoms with Gasteiger partial charge in [-0.3, -0.25) is 0 Å². The predicted molar refractivity (Wildman–Crippen MR) is 75.3 cm³/mol. The lowest BCUT2D eigenvalue weighted by Crippen LogP contribution is -2.58. The molecule has 2 fully saturated rings. The van der Waals surface area contributed by atoms with E-state index in [4.69, 9.17) is 4.74 Å². The van der Waals surface area contributed by atoms with Gasteiger partial charge in [-0.15, -0.1) is 0 Å². The number of alkyl halides is 6. The van der Waals surface area contributed by atoms with Crippen LogP contribution in [0.15, 0.2) is 12.2 Å². The zero-order valence-corrected chi connectivity index (χ0v) is 13.6. The maximum Gasteiger partial charge on any atom is 0.426 e. The molecule has 4 unspecified atom stereocenters. The summed E-state index contributed by atoms with van der Waals surface area (Å²) in [5, 5.41) is 9.35. The number of halogens is 6. The van der Waals surface area contributed by atoms with E-state index in [0.717, 1.165) is 0 Å². The molecule has 0 aliphatic heterocycles. The van der Waals surface area contributed by atoms with Crippen LogP contribution in [-0.2, 0) is 9.53 Å². The molecular weight excluding hydrogens is 354 g/mol. The minimum atomic E-state index is -5.77. The topological polar surface area (TPSA) is 46.5 Å². The van der Waals surface area contributed by atoms with Crippen LogP contribution in [0.3, 0.4) is 0 Å². The van der Waals surface area contributed by atoms with Gasteiger partial charge < -0.3 is 9.84 Å². The van der Waals surface area contributed by atoms with E-state index in [9.17, 15) is 36.2 Å². The second kappa shape index (κ2) is 6.48. The van der Waals surface area contributed by atoms with E-state index in [0.29, 0.717) is 12.8 Å². The first kappa shape index (κ1) is 20.1. The fourth-order valence-electron chi connectivity index (χ4n) is 4.05. The molecule has 144 valence electrons. The monoisotopic (exact) mass is 374 g/mol. The van der Waals surface area contributed by atoms with Crippen molar-refractivity contribution in [2.24, 2.45) is 23.7 Å². The summed E-state index contributed by atoms with van der Waals surface area (Å²) in [7, 11) is 0. The van der Waals surface area contributed by atoms with E-state index in [1.54, 1.807) is 0 Å². The van der Waals surface area contributed by atoms with Crippen LogP contribution in [0.2, 0.25) is 0 Å². The molecule has 3 nitrogen and oxygen atoms in total. The fraction of sp³-hybridized carbons (Fsp3) is 0.812. The molecule has 0 saturated heterocycles. The molecule has 25 heavy (non-hydrogen) atoms. The molecule has 0 aromatic carbocycles. The standard InChI is InChI=1S/C16H20F6O3/c1-8(2)13(23)25-7-12-5-9-3-10(12)4-11(9)6-14(24,15(17,18)19)16(20,21)22/h9-12,24H,1,3-7H2,2H3. The minimum absolute atomic E-state index is 0.0746. The van der Waals surface area contributed by atoms with Crippen LogP contribution in [0.5, 0.6) is 0 Å². The Kier molecular flexibility index (Phi) is 5.20. The lowest BCUT2D eigenvalue weighted by molar-refractivity contribution is -0.373. The molecule has 0 aromatic rings. The zero-order valence-electron chi connectivity index (χ0n) is 13.6. The van der Waals surface area contributed by atoms with Gasteiger partial charge in [0.2, 0.25) is 0 Å². The first-order chi connectivity index (χ1) is 11.3. The SMILES string of the molecule is C=C(C)C(=O)OCC1CC2CC1CC2CC(O)(C(F)(F)F)C(F)(F)F. The maximum atomic E-state index is 12.8. The number of hydrogen-bond acceptors (Lipinski definition) is 3. The Balaban J connectivity index is 1.98. The lowest BCUT2D eigenvalue weighted by Gasteiger charge is -2.37. The van der Waals surface area contributed by atoms with Gasteiger partial charge in [0.25, 0.3) is 5.60 Å². The summed E-state index contributed by atoms with van der Waals surface area (Å²) in [6.07, 6.45) is -11.9. The number of aliphatic hydroxyl groups is 1. The van der Waals surface area contributed by atoms with Gasteiger partial charge in [0.1, 0.15) is 0 Å². The van der Waals surface area contributed by atoms with Crippen LogP contribution in [0, 0.1) is 23.7 Å². The molecule has 9 heteroatoms. The Morgan fingerprint density at radius 2 is 1.52 bits per heavy atom. The second-order valence-electron chi connectivity index (χ2n) is 7.19. The number of ether oxygens (including phenoxy) is 1. The largest absolute Gasteiger partial charge is 0.462 e. The lowest BCUT2D eigenvalue weighted by atomic mass is 9.76. The van der Waals surface area contributed by atoms with Gasteiger partial charge in [0.05, 0.1) is 6.61 Å². The van der Waals surface area contributed by atoms with Crippen molar-refractivity contribution in [1.29, 1.82) is 0 Å². The molecule has 2 rings (SSSR count). The Bertz CT molecular complexity index is 525. The summed E-state index contributed by atoms with van der Waals surface area (Å²) in [5.74, 6) is -1.93. The van der Waals surface area contributed by atoms with Crippen molar-refractivity contribution in [3.05, 3.63) is 12.2 Å². The number of rotatable bonds is 5. The molecule has 0 amide bonds. The molecular formula is C16H20F6O3. The van der Waals surface area contributed by atoms with Gasteiger partial charge in [-0.25, -0.2) is 4.79 Å². The molecule has 2 aliphatic carbocycles. The van der Waals surface area contributed by atoms with Gasteiger partial charge in [-0.2, -0.15) is 26.3 Å². The zero-order chi connectivity index (χ0) is 19.2. The van der Waals surface area contributed by atoms with Gasteiger partial charge >= 0.3 is 18.3 Å². The quantitative estimate of drug-likeness (QED) is 0.449. The number of fused-ring (bicyclic) bond motifs is 2. The summed E-state index contributed by atoms with van der Waals surface area (Å²) < 4.78 is 82.0. The highest BCUT2D eigenvalue weighted by atomic mass is 19.4. The van der Waals surface area contributed by atoms with E-state index in [1.807, 2.05) is 0 Å². The third kappa shape index (κ3) is 3.80. The average molecular weight is 374 g/mol. The van der Waals surface area contributed by atoms with Crippen LogP contribution in [-0.4, -0.2) is 35.6 Å². The van der Waals surface area contributed by atoms with Crippen LogP contribution in [0.1, 0.15) is 32.6 Å². The third-order valence-corrected chi connectivity index (χ3v) is 5.42. The van der Waals surface area contributed by atoms with Crippen LogP contribution < -0.4 is 0 Å². The van der Waals surface area contributed by atoms with Crippen LogP contribution >= 0.6 is 0 Å². The van der Waals surface area contributed by atoms with E-state index in [-0.39, 0.29) is 36.4 Å². The summed E-state index contributed by atoms with van der Waals surface area (Å²) in [4.78, 5) is 11.4. The minimum Gasteiger partial charge on any atom is -0.462 e. The summed E-state index contributed by atoms with van der Waals surface area (Å²) in [6.45, 7) is 5.00. The molecule has 1 N–H and O–H groups in total. The van der Waals surface area contributed by atoms with Gasteiger partial charge in [0.15, 0.2) is 0 Å². The molecule has 0 aromatic heterocycles. The van der Waals surface area contributed by atoms with E-state index < -0.39 is 36.3 Å². The van der Waals surface area contributed by atoms with Crippen molar-refractivity contribution < 1.29 is 41.0 Å². The normalized spacial score (nSPS) is 29.8. The van der Waals surface area contributed by atoms with E-state index >= 15 is 0 Å². The van der Waals surface area contributed by atoms with Crippen molar-refractivity contribution >= 4 is 5.97 Å². The molecule has 0 radical (unpaired) electrons. The average Bonchev–Trinajstić information content (AvgIpc) is 3.01. The Morgan fingerprint density at radius 3 is 1.92 bits per heavy atom. The van der Waals surface area contributed by atoms with E-state index in [1.165, 1.54) is 6.92 Å². The van der Waals surface area contributed by atoms with Crippen LogP contribution in [0.25, 0.3) is 0 Å². The fourth-order valence-corrected chi connectivity index (χ4v) is 4.05. The predicted octanol–water partition coefficient (Wildman–Crippen LogP) is 4.01. The molecule has 2 saturated carbocycles. The highest BCUT2D eigenvalue weighted by molar-refractivity contribution is 5.86. The summed E-state index contributed by atoms with van der Waals surface area (Å²) >= 11 is 0. The molecule has 2 bridgehead atoms.